The number of piperazine rings is 1. The van der Waals surface area contributed by atoms with Crippen molar-refractivity contribution in [3.63, 3.8) is 0 Å². The van der Waals surface area contributed by atoms with Crippen LogP contribution in [0.1, 0.15) is 6.92 Å². The zero-order valence-electron chi connectivity index (χ0n) is 13.2. The second kappa shape index (κ2) is 7.05. The van der Waals surface area contributed by atoms with E-state index < -0.39 is 0 Å². The number of benzene rings is 1. The number of rotatable bonds is 3. The van der Waals surface area contributed by atoms with Crippen LogP contribution in [0.4, 0.5) is 5.82 Å². The van der Waals surface area contributed by atoms with Gasteiger partial charge in [-0.25, -0.2) is 9.97 Å². The number of aromatic nitrogens is 2. The van der Waals surface area contributed by atoms with Gasteiger partial charge in [-0.1, -0.05) is 36.4 Å². The van der Waals surface area contributed by atoms with Crippen LogP contribution in [0.25, 0.3) is 11.3 Å². The standard InChI is InChI=1S/C18H20N4O/c1-2-6-18(23)22-11-9-21(10-12-22)17-13-16(19-14-20-17)15-7-4-3-5-8-15/h2-8,13-14H,9-12H2,1H3/b6-2+. The lowest BCUT2D eigenvalue weighted by Crippen LogP contribution is -2.48. The van der Waals surface area contributed by atoms with Crippen LogP contribution >= 0.6 is 0 Å². The van der Waals surface area contributed by atoms with E-state index in [4.69, 9.17) is 0 Å². The molecule has 1 aliphatic rings. The molecule has 1 amide bonds. The summed E-state index contributed by atoms with van der Waals surface area (Å²) in [6.07, 6.45) is 5.01. The lowest BCUT2D eigenvalue weighted by Gasteiger charge is -2.35. The largest absolute Gasteiger partial charge is 0.353 e. The van der Waals surface area contributed by atoms with Crippen molar-refractivity contribution >= 4 is 11.7 Å². The van der Waals surface area contributed by atoms with E-state index in [-0.39, 0.29) is 5.91 Å². The zero-order valence-corrected chi connectivity index (χ0v) is 13.2. The number of hydrogen-bond acceptors (Lipinski definition) is 4. The Kier molecular flexibility index (Phi) is 4.66. The van der Waals surface area contributed by atoms with Gasteiger partial charge in [-0.3, -0.25) is 4.79 Å². The molecule has 0 unspecified atom stereocenters. The molecule has 1 fully saturated rings. The number of carbonyl (C=O) groups is 1. The number of anilines is 1. The van der Waals surface area contributed by atoms with Gasteiger partial charge in [0.15, 0.2) is 0 Å². The Hall–Kier alpha value is -2.69. The van der Waals surface area contributed by atoms with Crippen molar-refractivity contribution in [2.45, 2.75) is 6.92 Å². The molecule has 0 radical (unpaired) electrons. The minimum Gasteiger partial charge on any atom is -0.353 e. The number of amides is 1. The van der Waals surface area contributed by atoms with Gasteiger partial charge in [0.1, 0.15) is 12.1 Å². The summed E-state index contributed by atoms with van der Waals surface area (Å²) in [7, 11) is 0. The molecule has 2 heterocycles. The molecule has 118 valence electrons. The third-order valence-electron chi connectivity index (χ3n) is 3.95. The summed E-state index contributed by atoms with van der Waals surface area (Å²) < 4.78 is 0. The Balaban J connectivity index is 1.71. The molecule has 0 atom stereocenters. The van der Waals surface area contributed by atoms with Gasteiger partial charge in [-0.15, -0.1) is 0 Å². The van der Waals surface area contributed by atoms with Crippen molar-refractivity contribution < 1.29 is 4.79 Å². The summed E-state index contributed by atoms with van der Waals surface area (Å²) in [6, 6.07) is 12.1. The number of allylic oxidation sites excluding steroid dienone is 1. The van der Waals surface area contributed by atoms with E-state index >= 15 is 0 Å². The highest BCUT2D eigenvalue weighted by atomic mass is 16.2. The molecule has 1 saturated heterocycles. The predicted molar refractivity (Wildman–Crippen MR) is 91.1 cm³/mol. The van der Waals surface area contributed by atoms with E-state index in [1.807, 2.05) is 48.2 Å². The molecular weight excluding hydrogens is 288 g/mol. The summed E-state index contributed by atoms with van der Waals surface area (Å²) in [4.78, 5) is 24.7. The summed E-state index contributed by atoms with van der Waals surface area (Å²) in [6.45, 7) is 4.87. The maximum absolute atomic E-state index is 11.9. The van der Waals surface area contributed by atoms with Gasteiger partial charge in [0.25, 0.3) is 0 Å². The van der Waals surface area contributed by atoms with Gasteiger partial charge < -0.3 is 9.80 Å². The second-order valence-electron chi connectivity index (χ2n) is 5.44. The average Bonchev–Trinajstić information content (AvgIpc) is 2.63. The molecule has 1 aromatic heterocycles. The van der Waals surface area contributed by atoms with Crippen molar-refractivity contribution in [3.8, 4) is 11.3 Å². The molecule has 0 bridgehead atoms. The fourth-order valence-corrected chi connectivity index (χ4v) is 2.69. The van der Waals surface area contributed by atoms with E-state index in [0.717, 1.165) is 30.2 Å². The van der Waals surface area contributed by atoms with Crippen LogP contribution in [0.15, 0.2) is 54.9 Å². The van der Waals surface area contributed by atoms with Gasteiger partial charge in [0, 0.05) is 37.8 Å². The van der Waals surface area contributed by atoms with Crippen molar-refractivity contribution in [2.75, 3.05) is 31.1 Å². The molecule has 23 heavy (non-hydrogen) atoms. The van der Waals surface area contributed by atoms with E-state index in [9.17, 15) is 4.79 Å². The van der Waals surface area contributed by atoms with Crippen molar-refractivity contribution in [1.29, 1.82) is 0 Å². The quantitative estimate of drug-likeness (QED) is 0.817. The molecule has 0 N–H and O–H groups in total. The Morgan fingerprint density at radius 1 is 1.09 bits per heavy atom. The molecule has 0 spiro atoms. The van der Waals surface area contributed by atoms with E-state index in [1.165, 1.54) is 0 Å². The first-order valence-corrected chi connectivity index (χ1v) is 7.82. The summed E-state index contributed by atoms with van der Waals surface area (Å²) >= 11 is 0. The Bertz CT molecular complexity index is 691. The van der Waals surface area contributed by atoms with Crippen molar-refractivity contribution in [3.05, 3.63) is 54.9 Å². The van der Waals surface area contributed by atoms with Crippen LogP contribution in [0.5, 0.6) is 0 Å². The minimum atomic E-state index is 0.0832. The summed E-state index contributed by atoms with van der Waals surface area (Å²) in [5, 5.41) is 0. The highest BCUT2D eigenvalue weighted by Crippen LogP contribution is 2.21. The first kappa shape index (κ1) is 15.2. The lowest BCUT2D eigenvalue weighted by atomic mass is 10.1. The molecule has 1 aliphatic heterocycles. The number of nitrogens with zero attached hydrogens (tertiary/aromatic N) is 4. The highest BCUT2D eigenvalue weighted by molar-refractivity contribution is 5.87. The fraction of sp³-hybridized carbons (Fsp3) is 0.278. The molecule has 0 aliphatic carbocycles. The minimum absolute atomic E-state index is 0.0832. The molecule has 0 saturated carbocycles. The van der Waals surface area contributed by atoms with Gasteiger partial charge in [0.2, 0.25) is 5.91 Å². The van der Waals surface area contributed by atoms with Gasteiger partial charge in [0.05, 0.1) is 5.69 Å². The first-order chi connectivity index (χ1) is 11.3. The van der Waals surface area contributed by atoms with Crippen molar-refractivity contribution in [2.24, 2.45) is 0 Å². The average molecular weight is 308 g/mol. The predicted octanol–water partition coefficient (Wildman–Crippen LogP) is 2.37. The van der Waals surface area contributed by atoms with E-state index in [1.54, 1.807) is 18.5 Å². The van der Waals surface area contributed by atoms with E-state index in [2.05, 4.69) is 14.9 Å². The lowest BCUT2D eigenvalue weighted by molar-refractivity contribution is -0.126. The molecule has 5 heteroatoms. The Morgan fingerprint density at radius 3 is 2.52 bits per heavy atom. The third kappa shape index (κ3) is 3.56. The number of hydrogen-bond donors (Lipinski definition) is 0. The van der Waals surface area contributed by atoms with Gasteiger partial charge in [-0.05, 0) is 13.0 Å². The van der Waals surface area contributed by atoms with Crippen LogP contribution in [0.2, 0.25) is 0 Å². The molecule has 5 nitrogen and oxygen atoms in total. The third-order valence-corrected chi connectivity index (χ3v) is 3.95. The van der Waals surface area contributed by atoms with Crippen LogP contribution in [0.3, 0.4) is 0 Å². The smallest absolute Gasteiger partial charge is 0.246 e. The first-order valence-electron chi connectivity index (χ1n) is 7.82. The fourth-order valence-electron chi connectivity index (χ4n) is 2.69. The van der Waals surface area contributed by atoms with Gasteiger partial charge >= 0.3 is 0 Å². The zero-order chi connectivity index (χ0) is 16.1. The SMILES string of the molecule is C/C=C/C(=O)N1CCN(c2cc(-c3ccccc3)ncn2)CC1. The highest BCUT2D eigenvalue weighted by Gasteiger charge is 2.20. The monoisotopic (exact) mass is 308 g/mol. The van der Waals surface area contributed by atoms with Crippen molar-refractivity contribution in [1.82, 2.24) is 14.9 Å². The number of carbonyl (C=O) groups excluding carboxylic acids is 1. The summed E-state index contributed by atoms with van der Waals surface area (Å²) in [5.74, 6) is 0.997. The van der Waals surface area contributed by atoms with Crippen LogP contribution < -0.4 is 4.90 Å². The molecule has 1 aromatic carbocycles. The van der Waals surface area contributed by atoms with Crippen LogP contribution in [-0.2, 0) is 4.79 Å². The second-order valence-corrected chi connectivity index (χ2v) is 5.44. The van der Waals surface area contributed by atoms with Crippen LogP contribution in [-0.4, -0.2) is 47.0 Å². The topological polar surface area (TPSA) is 49.3 Å². The molecular formula is C18H20N4O. The Morgan fingerprint density at radius 2 is 1.83 bits per heavy atom. The normalized spacial score (nSPS) is 15.2. The molecule has 3 rings (SSSR count). The van der Waals surface area contributed by atoms with E-state index in [0.29, 0.717) is 13.1 Å². The molecule has 2 aromatic rings. The summed E-state index contributed by atoms with van der Waals surface area (Å²) in [5.41, 5.74) is 2.00. The Labute approximate surface area is 136 Å². The maximum Gasteiger partial charge on any atom is 0.246 e. The maximum atomic E-state index is 11.9. The van der Waals surface area contributed by atoms with Crippen LogP contribution in [0, 0.1) is 0 Å². The van der Waals surface area contributed by atoms with Gasteiger partial charge in [-0.2, -0.15) is 0 Å².